The lowest BCUT2D eigenvalue weighted by Gasteiger charge is -2.09. The minimum Gasteiger partial charge on any atom is -0.310 e. The summed E-state index contributed by atoms with van der Waals surface area (Å²) in [6.07, 6.45) is 5.59. The van der Waals surface area contributed by atoms with E-state index in [0.717, 1.165) is 58.3 Å². The third kappa shape index (κ3) is 3.38. The van der Waals surface area contributed by atoms with E-state index in [2.05, 4.69) is 49.5 Å². The SMILES string of the molecule is CCCCCC(=O)Nc1c(-c2ccccc2C)nc2c3ccccc3ccn12. The van der Waals surface area contributed by atoms with Crippen LogP contribution < -0.4 is 5.32 Å². The largest absolute Gasteiger partial charge is 0.310 e. The Bertz CT molecular complexity index is 1140. The Hall–Kier alpha value is -3.14. The fraction of sp³-hybridized carbons (Fsp3) is 0.250. The van der Waals surface area contributed by atoms with Gasteiger partial charge in [-0.15, -0.1) is 0 Å². The van der Waals surface area contributed by atoms with E-state index in [1.54, 1.807) is 0 Å². The molecule has 28 heavy (non-hydrogen) atoms. The summed E-state index contributed by atoms with van der Waals surface area (Å²) in [6, 6.07) is 18.4. The van der Waals surface area contributed by atoms with Crippen LogP contribution in [-0.4, -0.2) is 15.3 Å². The number of nitrogens with zero attached hydrogens (tertiary/aromatic N) is 2. The normalized spacial score (nSPS) is 11.2. The molecule has 0 atom stereocenters. The Labute approximate surface area is 165 Å². The molecule has 0 fully saturated rings. The van der Waals surface area contributed by atoms with Crippen molar-refractivity contribution in [1.82, 2.24) is 9.38 Å². The fourth-order valence-electron chi connectivity index (χ4n) is 3.64. The van der Waals surface area contributed by atoms with Gasteiger partial charge < -0.3 is 5.32 Å². The van der Waals surface area contributed by atoms with E-state index in [9.17, 15) is 4.79 Å². The van der Waals surface area contributed by atoms with Gasteiger partial charge in [0.15, 0.2) is 0 Å². The molecule has 1 N–H and O–H groups in total. The van der Waals surface area contributed by atoms with Gasteiger partial charge in [0.05, 0.1) is 0 Å². The standard InChI is InChI=1S/C24H25N3O/c1-3-4-5-14-21(28)25-24-22(19-12-8-6-10-17(19)2)26-23-20-13-9-7-11-18(20)15-16-27(23)24/h6-13,15-16H,3-5,14H2,1-2H3,(H,25,28). The van der Waals surface area contributed by atoms with Gasteiger partial charge in [-0.25, -0.2) is 4.98 Å². The van der Waals surface area contributed by atoms with Crippen LogP contribution in [0.25, 0.3) is 27.7 Å². The molecular weight excluding hydrogens is 346 g/mol. The number of amides is 1. The Morgan fingerprint density at radius 2 is 1.82 bits per heavy atom. The lowest BCUT2D eigenvalue weighted by molar-refractivity contribution is -0.116. The van der Waals surface area contributed by atoms with E-state index < -0.39 is 0 Å². The van der Waals surface area contributed by atoms with Gasteiger partial charge in [-0.3, -0.25) is 9.20 Å². The van der Waals surface area contributed by atoms with Crippen LogP contribution in [0.3, 0.4) is 0 Å². The molecule has 142 valence electrons. The highest BCUT2D eigenvalue weighted by Crippen LogP contribution is 2.33. The van der Waals surface area contributed by atoms with Gasteiger partial charge in [0.1, 0.15) is 17.2 Å². The number of aromatic nitrogens is 2. The Morgan fingerprint density at radius 1 is 1.04 bits per heavy atom. The van der Waals surface area contributed by atoms with Gasteiger partial charge >= 0.3 is 0 Å². The molecular formula is C24H25N3O. The quantitative estimate of drug-likeness (QED) is 0.424. The Balaban J connectivity index is 1.87. The molecule has 4 heteroatoms. The molecule has 0 aliphatic carbocycles. The Morgan fingerprint density at radius 3 is 2.64 bits per heavy atom. The molecule has 0 bridgehead atoms. The van der Waals surface area contributed by atoms with Crippen molar-refractivity contribution in [2.24, 2.45) is 0 Å². The van der Waals surface area contributed by atoms with E-state index in [-0.39, 0.29) is 5.91 Å². The molecule has 0 saturated carbocycles. The van der Waals surface area contributed by atoms with Crippen LogP contribution in [0.4, 0.5) is 5.82 Å². The minimum absolute atomic E-state index is 0.0400. The highest BCUT2D eigenvalue weighted by molar-refractivity contribution is 6.00. The molecule has 4 rings (SSSR count). The van der Waals surface area contributed by atoms with Crippen LogP contribution in [0.15, 0.2) is 60.8 Å². The van der Waals surface area contributed by atoms with Gasteiger partial charge in [0.2, 0.25) is 5.91 Å². The predicted octanol–water partition coefficient (Wildman–Crippen LogP) is 5.98. The third-order valence-corrected chi connectivity index (χ3v) is 5.18. The van der Waals surface area contributed by atoms with Crippen molar-refractivity contribution in [2.75, 3.05) is 5.32 Å². The first-order valence-corrected chi connectivity index (χ1v) is 9.94. The number of benzene rings is 2. The summed E-state index contributed by atoms with van der Waals surface area (Å²) in [5.41, 5.74) is 3.86. The van der Waals surface area contributed by atoms with Crippen molar-refractivity contribution in [3.63, 3.8) is 0 Å². The highest BCUT2D eigenvalue weighted by atomic mass is 16.1. The van der Waals surface area contributed by atoms with Crippen LogP contribution in [0.5, 0.6) is 0 Å². The molecule has 1 amide bonds. The van der Waals surface area contributed by atoms with Gasteiger partial charge in [-0.05, 0) is 30.4 Å². The summed E-state index contributed by atoms with van der Waals surface area (Å²) in [4.78, 5) is 17.6. The van der Waals surface area contributed by atoms with E-state index in [1.807, 2.05) is 34.9 Å². The molecule has 0 radical (unpaired) electrons. The number of carbonyl (C=O) groups is 1. The summed E-state index contributed by atoms with van der Waals surface area (Å²) >= 11 is 0. The number of unbranched alkanes of at least 4 members (excludes halogenated alkanes) is 2. The van der Waals surface area contributed by atoms with Crippen molar-refractivity contribution >= 4 is 28.1 Å². The molecule has 2 heterocycles. The summed E-state index contributed by atoms with van der Waals surface area (Å²) < 4.78 is 2.00. The number of rotatable bonds is 6. The second-order valence-corrected chi connectivity index (χ2v) is 7.23. The molecule has 2 aromatic heterocycles. The molecule has 4 nitrogen and oxygen atoms in total. The third-order valence-electron chi connectivity index (χ3n) is 5.18. The first-order valence-electron chi connectivity index (χ1n) is 9.94. The maximum absolute atomic E-state index is 12.6. The number of fused-ring (bicyclic) bond motifs is 3. The summed E-state index contributed by atoms with van der Waals surface area (Å²) in [5.74, 6) is 0.787. The zero-order valence-corrected chi connectivity index (χ0v) is 16.4. The topological polar surface area (TPSA) is 46.4 Å². The maximum atomic E-state index is 12.6. The molecule has 2 aromatic carbocycles. The van der Waals surface area contributed by atoms with Crippen molar-refractivity contribution in [1.29, 1.82) is 0 Å². The van der Waals surface area contributed by atoms with Gasteiger partial charge in [-0.1, -0.05) is 68.3 Å². The summed E-state index contributed by atoms with van der Waals surface area (Å²) in [5, 5.41) is 5.36. The smallest absolute Gasteiger partial charge is 0.225 e. The maximum Gasteiger partial charge on any atom is 0.225 e. The van der Waals surface area contributed by atoms with E-state index >= 15 is 0 Å². The number of hydrogen-bond donors (Lipinski definition) is 1. The molecule has 0 aliphatic heterocycles. The number of nitrogens with one attached hydrogen (secondary N) is 1. The Kier molecular flexibility index (Phi) is 5.11. The van der Waals surface area contributed by atoms with E-state index in [1.165, 1.54) is 0 Å². The molecule has 0 unspecified atom stereocenters. The lowest BCUT2D eigenvalue weighted by Crippen LogP contribution is -2.13. The average molecular weight is 371 g/mol. The first-order chi connectivity index (χ1) is 13.7. The molecule has 4 aromatic rings. The van der Waals surface area contributed by atoms with Crippen LogP contribution in [0.1, 0.15) is 38.2 Å². The number of anilines is 1. The minimum atomic E-state index is 0.0400. The number of hydrogen-bond acceptors (Lipinski definition) is 2. The average Bonchev–Trinajstić information content (AvgIpc) is 3.07. The lowest BCUT2D eigenvalue weighted by atomic mass is 10.1. The second kappa shape index (κ2) is 7.85. The van der Waals surface area contributed by atoms with Crippen LogP contribution in [0, 0.1) is 6.92 Å². The van der Waals surface area contributed by atoms with E-state index in [4.69, 9.17) is 4.98 Å². The molecule has 0 spiro atoms. The van der Waals surface area contributed by atoms with Crippen molar-refractivity contribution in [2.45, 2.75) is 39.5 Å². The molecule has 0 aliphatic rings. The monoisotopic (exact) mass is 371 g/mol. The van der Waals surface area contributed by atoms with Crippen molar-refractivity contribution in [3.05, 3.63) is 66.4 Å². The van der Waals surface area contributed by atoms with Gasteiger partial charge in [-0.2, -0.15) is 0 Å². The van der Waals surface area contributed by atoms with Crippen LogP contribution in [-0.2, 0) is 4.79 Å². The van der Waals surface area contributed by atoms with Crippen LogP contribution in [0.2, 0.25) is 0 Å². The number of pyridine rings is 1. The number of carbonyl (C=O) groups excluding carboxylic acids is 1. The fourth-order valence-corrected chi connectivity index (χ4v) is 3.64. The van der Waals surface area contributed by atoms with Crippen LogP contribution >= 0.6 is 0 Å². The summed E-state index contributed by atoms with van der Waals surface area (Å²) in [7, 11) is 0. The number of aryl methyl sites for hydroxylation is 1. The van der Waals surface area contributed by atoms with Gasteiger partial charge in [0, 0.05) is 23.6 Å². The zero-order valence-electron chi connectivity index (χ0n) is 16.4. The van der Waals surface area contributed by atoms with Crippen molar-refractivity contribution < 1.29 is 4.79 Å². The first kappa shape index (κ1) is 18.2. The zero-order chi connectivity index (χ0) is 19.5. The summed E-state index contributed by atoms with van der Waals surface area (Å²) in [6.45, 7) is 4.22. The highest BCUT2D eigenvalue weighted by Gasteiger charge is 2.18. The predicted molar refractivity (Wildman–Crippen MR) is 116 cm³/mol. The van der Waals surface area contributed by atoms with Crippen molar-refractivity contribution in [3.8, 4) is 11.3 Å². The van der Waals surface area contributed by atoms with Gasteiger partial charge in [0.25, 0.3) is 0 Å². The number of imidazole rings is 1. The second-order valence-electron chi connectivity index (χ2n) is 7.23. The van der Waals surface area contributed by atoms with E-state index in [0.29, 0.717) is 6.42 Å². The molecule has 0 saturated heterocycles.